The number of carbonyl (C=O) groups excluding carboxylic acids is 2. The second-order valence-electron chi connectivity index (χ2n) is 6.27. The molecular formula is C20H17ClN4O2S. The predicted molar refractivity (Wildman–Crippen MR) is 111 cm³/mol. The van der Waals surface area contributed by atoms with E-state index < -0.39 is 23.1 Å². The van der Waals surface area contributed by atoms with Crippen LogP contribution in [-0.4, -0.2) is 17.2 Å². The van der Waals surface area contributed by atoms with Crippen LogP contribution < -0.4 is 16.4 Å². The first-order valence-corrected chi connectivity index (χ1v) is 9.65. The second kappa shape index (κ2) is 8.38. The summed E-state index contributed by atoms with van der Waals surface area (Å²) < 4.78 is 0. The number of anilines is 1. The van der Waals surface area contributed by atoms with Crippen LogP contribution in [0.15, 0.2) is 59.1 Å². The molecule has 0 saturated heterocycles. The highest BCUT2D eigenvalue weighted by molar-refractivity contribution is 8.04. The summed E-state index contributed by atoms with van der Waals surface area (Å²) in [5, 5.41) is 14.5. The number of carbonyl (C=O) groups is 2. The zero-order chi connectivity index (χ0) is 20.3. The average molecular weight is 413 g/mol. The normalized spacial score (nSPS) is 18.5. The van der Waals surface area contributed by atoms with Gasteiger partial charge in [0.05, 0.1) is 16.7 Å². The van der Waals surface area contributed by atoms with E-state index in [-0.39, 0.29) is 0 Å². The molecule has 28 heavy (non-hydrogen) atoms. The molecule has 3 rings (SSSR count). The topological polar surface area (TPSA) is 108 Å². The Hall–Kier alpha value is -2.95. The number of nitriles is 1. The summed E-state index contributed by atoms with van der Waals surface area (Å²) in [5.74, 6) is -1.03. The van der Waals surface area contributed by atoms with Gasteiger partial charge in [0.15, 0.2) is 0 Å². The third-order valence-electron chi connectivity index (χ3n) is 4.29. The van der Waals surface area contributed by atoms with Gasteiger partial charge in [-0.2, -0.15) is 5.26 Å². The maximum absolute atomic E-state index is 12.8. The third-order valence-corrected chi connectivity index (χ3v) is 5.75. The Morgan fingerprint density at radius 1 is 1.14 bits per heavy atom. The Morgan fingerprint density at radius 2 is 1.79 bits per heavy atom. The summed E-state index contributed by atoms with van der Waals surface area (Å²) in [6.07, 6.45) is 0. The summed E-state index contributed by atoms with van der Waals surface area (Å²) in [7, 11) is 0. The Kier molecular flexibility index (Phi) is 5.93. The highest BCUT2D eigenvalue weighted by Gasteiger charge is 2.41. The summed E-state index contributed by atoms with van der Waals surface area (Å²) >= 11 is 6.90. The fourth-order valence-corrected chi connectivity index (χ4v) is 4.19. The summed E-state index contributed by atoms with van der Waals surface area (Å²) in [4.78, 5) is 24.9. The van der Waals surface area contributed by atoms with Crippen LogP contribution >= 0.6 is 23.4 Å². The molecule has 0 radical (unpaired) electrons. The first kappa shape index (κ1) is 19.8. The molecule has 0 aromatic heterocycles. The standard InChI is InChI=1S/C20H17ClN4O2S/c1-11-2-4-12(5-3-11)16-15(10-22)18(23)28-17(16)19(26)25-20(27)24-14-8-6-13(21)7-9-14/h2-9,16-17H,23H2,1H3,(H2,24,25,26,27). The number of aryl methyl sites for hydroxylation is 1. The molecule has 2 aromatic carbocycles. The number of allylic oxidation sites excluding steroid dienone is 1. The zero-order valence-electron chi connectivity index (χ0n) is 14.9. The number of nitrogens with two attached hydrogens (primary N) is 1. The largest absolute Gasteiger partial charge is 0.393 e. The van der Waals surface area contributed by atoms with Crippen molar-refractivity contribution in [2.45, 2.75) is 18.1 Å². The quantitative estimate of drug-likeness (QED) is 0.708. The number of halogens is 1. The van der Waals surface area contributed by atoms with Gasteiger partial charge in [-0.25, -0.2) is 4.79 Å². The van der Waals surface area contributed by atoms with E-state index in [2.05, 4.69) is 16.7 Å². The van der Waals surface area contributed by atoms with Gasteiger partial charge in [0.2, 0.25) is 5.91 Å². The van der Waals surface area contributed by atoms with Crippen LogP contribution in [0.3, 0.4) is 0 Å². The molecule has 1 aliphatic rings. The van der Waals surface area contributed by atoms with Crippen molar-refractivity contribution in [3.8, 4) is 6.07 Å². The fourth-order valence-electron chi connectivity index (χ4n) is 2.90. The zero-order valence-corrected chi connectivity index (χ0v) is 16.5. The molecule has 0 fully saturated rings. The highest BCUT2D eigenvalue weighted by atomic mass is 35.5. The Morgan fingerprint density at radius 3 is 2.39 bits per heavy atom. The van der Waals surface area contributed by atoms with Gasteiger partial charge in [0, 0.05) is 16.6 Å². The minimum absolute atomic E-state index is 0.298. The SMILES string of the molecule is Cc1ccc(C2C(C#N)=C(N)SC2C(=O)NC(=O)Nc2ccc(Cl)cc2)cc1. The molecule has 2 aromatic rings. The summed E-state index contributed by atoms with van der Waals surface area (Å²) in [5.41, 5.74) is 8.67. The maximum Gasteiger partial charge on any atom is 0.325 e. The minimum atomic E-state index is -0.715. The van der Waals surface area contributed by atoms with Crippen molar-refractivity contribution < 1.29 is 9.59 Å². The molecule has 6 nitrogen and oxygen atoms in total. The van der Waals surface area contributed by atoms with Crippen molar-refractivity contribution >= 4 is 41.0 Å². The van der Waals surface area contributed by atoms with E-state index in [0.29, 0.717) is 21.3 Å². The van der Waals surface area contributed by atoms with E-state index in [1.807, 2.05) is 31.2 Å². The summed E-state index contributed by atoms with van der Waals surface area (Å²) in [6, 6.07) is 15.5. The smallest absolute Gasteiger partial charge is 0.325 e. The van der Waals surface area contributed by atoms with Gasteiger partial charge in [0.25, 0.3) is 0 Å². The van der Waals surface area contributed by atoms with Gasteiger partial charge in [-0.3, -0.25) is 10.1 Å². The number of urea groups is 1. The number of thioether (sulfide) groups is 1. The number of benzene rings is 2. The molecule has 2 unspecified atom stereocenters. The van der Waals surface area contributed by atoms with E-state index in [4.69, 9.17) is 17.3 Å². The van der Waals surface area contributed by atoms with Crippen molar-refractivity contribution in [1.29, 1.82) is 5.26 Å². The van der Waals surface area contributed by atoms with E-state index >= 15 is 0 Å². The first-order valence-electron chi connectivity index (χ1n) is 8.39. The predicted octanol–water partition coefficient (Wildman–Crippen LogP) is 3.89. The Labute approximate surface area is 171 Å². The molecule has 3 amide bonds. The maximum atomic E-state index is 12.8. The van der Waals surface area contributed by atoms with Crippen LogP contribution in [0.4, 0.5) is 10.5 Å². The van der Waals surface area contributed by atoms with Gasteiger partial charge in [-0.1, -0.05) is 53.2 Å². The van der Waals surface area contributed by atoms with E-state index in [0.717, 1.165) is 22.9 Å². The molecule has 0 saturated carbocycles. The third kappa shape index (κ3) is 4.30. The average Bonchev–Trinajstić information content (AvgIpc) is 3.00. The number of rotatable bonds is 3. The Bertz CT molecular complexity index is 981. The van der Waals surface area contributed by atoms with Crippen molar-refractivity contribution in [1.82, 2.24) is 5.32 Å². The highest BCUT2D eigenvalue weighted by Crippen LogP contribution is 2.45. The van der Waals surface area contributed by atoms with Crippen LogP contribution in [0.25, 0.3) is 0 Å². The number of hydrogen-bond donors (Lipinski definition) is 3. The number of nitrogens with zero attached hydrogens (tertiary/aromatic N) is 1. The minimum Gasteiger partial charge on any atom is -0.393 e. The molecule has 0 spiro atoms. The fraction of sp³-hybridized carbons (Fsp3) is 0.150. The molecule has 142 valence electrons. The number of imide groups is 1. The van der Waals surface area contributed by atoms with E-state index in [9.17, 15) is 14.9 Å². The van der Waals surface area contributed by atoms with Crippen molar-refractivity contribution in [2.75, 3.05) is 5.32 Å². The number of amides is 3. The first-order chi connectivity index (χ1) is 13.4. The molecule has 4 N–H and O–H groups in total. The van der Waals surface area contributed by atoms with Crippen LogP contribution in [0.2, 0.25) is 5.02 Å². The van der Waals surface area contributed by atoms with Crippen molar-refractivity contribution in [2.24, 2.45) is 5.73 Å². The van der Waals surface area contributed by atoms with Crippen LogP contribution in [-0.2, 0) is 4.79 Å². The second-order valence-corrected chi connectivity index (χ2v) is 7.89. The number of hydrogen-bond acceptors (Lipinski definition) is 5. The van der Waals surface area contributed by atoms with Gasteiger partial charge < -0.3 is 11.1 Å². The van der Waals surface area contributed by atoms with Crippen LogP contribution in [0.5, 0.6) is 0 Å². The lowest BCUT2D eigenvalue weighted by molar-refractivity contribution is -0.119. The Balaban J connectivity index is 1.76. The van der Waals surface area contributed by atoms with Gasteiger partial charge in [0.1, 0.15) is 5.25 Å². The lowest BCUT2D eigenvalue weighted by Gasteiger charge is -2.19. The lowest BCUT2D eigenvalue weighted by Crippen LogP contribution is -2.41. The number of nitrogens with one attached hydrogen (secondary N) is 2. The molecule has 8 heteroatoms. The van der Waals surface area contributed by atoms with Gasteiger partial charge in [-0.05, 0) is 36.8 Å². The molecule has 1 heterocycles. The lowest BCUT2D eigenvalue weighted by atomic mass is 9.88. The van der Waals surface area contributed by atoms with Gasteiger partial charge in [-0.15, -0.1) is 0 Å². The summed E-state index contributed by atoms with van der Waals surface area (Å²) in [6.45, 7) is 1.95. The van der Waals surface area contributed by atoms with Crippen molar-refractivity contribution in [3.05, 3.63) is 75.3 Å². The molecule has 0 aliphatic carbocycles. The molecule has 2 atom stereocenters. The van der Waals surface area contributed by atoms with E-state index in [1.165, 1.54) is 0 Å². The monoisotopic (exact) mass is 412 g/mol. The molecule has 0 bridgehead atoms. The molecular weight excluding hydrogens is 396 g/mol. The van der Waals surface area contributed by atoms with Crippen LogP contribution in [0, 0.1) is 18.3 Å². The van der Waals surface area contributed by atoms with Crippen molar-refractivity contribution in [3.63, 3.8) is 0 Å². The molecule has 1 aliphatic heterocycles. The van der Waals surface area contributed by atoms with Gasteiger partial charge >= 0.3 is 6.03 Å². The van der Waals surface area contributed by atoms with Crippen LogP contribution in [0.1, 0.15) is 17.0 Å². The van der Waals surface area contributed by atoms with E-state index in [1.54, 1.807) is 24.3 Å².